The van der Waals surface area contributed by atoms with E-state index in [-0.39, 0.29) is 23.7 Å². The van der Waals surface area contributed by atoms with Crippen LogP contribution in [0.3, 0.4) is 0 Å². The second-order valence-corrected chi connectivity index (χ2v) is 9.83. The van der Waals surface area contributed by atoms with Gasteiger partial charge >= 0.3 is 0 Å². The van der Waals surface area contributed by atoms with E-state index in [1.54, 1.807) is 0 Å². The van der Waals surface area contributed by atoms with Gasteiger partial charge in [-0.05, 0) is 46.5 Å². The van der Waals surface area contributed by atoms with E-state index in [1.165, 1.54) is 0 Å². The standard InChI is InChI=1S/C36H32N2O2/c39-35(25-33(27-13-5-1-6-14-27)28-15-7-2-8-16-28)37-31-21-23-32(24-22-31)38-36(40)26-34(29-17-9-3-10-18-29)30-19-11-4-12-20-30/h1-24,33-34H,25-26H2,(H,37,39)(H,38,40). The Morgan fingerprint density at radius 3 is 0.900 bits per heavy atom. The van der Waals surface area contributed by atoms with E-state index in [1.807, 2.05) is 97.1 Å². The predicted molar refractivity (Wildman–Crippen MR) is 162 cm³/mol. The Morgan fingerprint density at radius 2 is 0.650 bits per heavy atom. The molecule has 0 saturated carbocycles. The van der Waals surface area contributed by atoms with Crippen LogP contribution in [-0.4, -0.2) is 11.8 Å². The first-order valence-electron chi connectivity index (χ1n) is 13.6. The molecular weight excluding hydrogens is 492 g/mol. The molecule has 5 aromatic carbocycles. The van der Waals surface area contributed by atoms with Crippen LogP contribution in [-0.2, 0) is 9.59 Å². The first-order chi connectivity index (χ1) is 19.7. The summed E-state index contributed by atoms with van der Waals surface area (Å²) in [6.07, 6.45) is 0.653. The number of anilines is 2. The fourth-order valence-electron chi connectivity index (χ4n) is 5.03. The second-order valence-electron chi connectivity index (χ2n) is 9.83. The highest BCUT2D eigenvalue weighted by molar-refractivity contribution is 5.93. The molecule has 0 spiro atoms. The number of nitrogens with one attached hydrogen (secondary N) is 2. The van der Waals surface area contributed by atoms with Crippen LogP contribution in [0.4, 0.5) is 11.4 Å². The molecule has 0 aliphatic carbocycles. The first-order valence-corrected chi connectivity index (χ1v) is 13.6. The lowest BCUT2D eigenvalue weighted by Crippen LogP contribution is -2.17. The number of rotatable bonds is 10. The maximum Gasteiger partial charge on any atom is 0.225 e. The molecule has 0 radical (unpaired) electrons. The average Bonchev–Trinajstić information content (AvgIpc) is 3.01. The Balaban J connectivity index is 1.21. The number of amides is 2. The van der Waals surface area contributed by atoms with Crippen molar-refractivity contribution in [3.05, 3.63) is 168 Å². The predicted octanol–water partition coefficient (Wildman–Crippen LogP) is 8.01. The van der Waals surface area contributed by atoms with Gasteiger partial charge in [0.1, 0.15) is 0 Å². The number of hydrogen-bond acceptors (Lipinski definition) is 2. The van der Waals surface area contributed by atoms with E-state index in [0.29, 0.717) is 24.2 Å². The van der Waals surface area contributed by atoms with E-state index in [0.717, 1.165) is 22.3 Å². The van der Waals surface area contributed by atoms with Gasteiger partial charge in [0.15, 0.2) is 0 Å². The number of carbonyl (C=O) groups excluding carboxylic acids is 2. The van der Waals surface area contributed by atoms with Gasteiger partial charge in [0.05, 0.1) is 0 Å². The van der Waals surface area contributed by atoms with Crippen LogP contribution < -0.4 is 10.6 Å². The minimum Gasteiger partial charge on any atom is -0.326 e. The molecule has 0 heterocycles. The molecule has 198 valence electrons. The van der Waals surface area contributed by atoms with Crippen LogP contribution in [0.2, 0.25) is 0 Å². The molecule has 0 atom stereocenters. The minimum atomic E-state index is -0.0666. The van der Waals surface area contributed by atoms with Crippen LogP contribution in [0.25, 0.3) is 0 Å². The summed E-state index contributed by atoms with van der Waals surface area (Å²) in [5, 5.41) is 6.03. The monoisotopic (exact) mass is 524 g/mol. The minimum absolute atomic E-state index is 0.0388. The van der Waals surface area contributed by atoms with Gasteiger partial charge in [-0.25, -0.2) is 0 Å². The molecule has 0 aliphatic heterocycles. The summed E-state index contributed by atoms with van der Waals surface area (Å²) >= 11 is 0. The highest BCUT2D eigenvalue weighted by Crippen LogP contribution is 2.30. The van der Waals surface area contributed by atoms with Crippen molar-refractivity contribution >= 4 is 23.2 Å². The van der Waals surface area contributed by atoms with Crippen LogP contribution >= 0.6 is 0 Å². The fourth-order valence-corrected chi connectivity index (χ4v) is 5.03. The Bertz CT molecular complexity index is 1310. The zero-order chi connectivity index (χ0) is 27.6. The van der Waals surface area contributed by atoms with Crippen molar-refractivity contribution < 1.29 is 9.59 Å². The van der Waals surface area contributed by atoms with E-state index in [4.69, 9.17) is 0 Å². The molecule has 4 heteroatoms. The number of hydrogen-bond donors (Lipinski definition) is 2. The molecule has 0 fully saturated rings. The molecule has 0 unspecified atom stereocenters. The van der Waals surface area contributed by atoms with Gasteiger partial charge < -0.3 is 10.6 Å². The van der Waals surface area contributed by atoms with Gasteiger partial charge in [-0.2, -0.15) is 0 Å². The van der Waals surface area contributed by atoms with Gasteiger partial charge in [-0.3, -0.25) is 9.59 Å². The van der Waals surface area contributed by atoms with Crippen LogP contribution in [0.5, 0.6) is 0 Å². The van der Waals surface area contributed by atoms with Crippen LogP contribution in [0.1, 0.15) is 46.9 Å². The summed E-state index contributed by atoms with van der Waals surface area (Å²) in [5.41, 5.74) is 5.79. The summed E-state index contributed by atoms with van der Waals surface area (Å²) in [4.78, 5) is 26.1. The average molecular weight is 525 g/mol. The molecule has 5 aromatic rings. The summed E-state index contributed by atoms with van der Waals surface area (Å²) in [7, 11) is 0. The third kappa shape index (κ3) is 7.12. The molecule has 4 nitrogen and oxygen atoms in total. The van der Waals surface area contributed by atoms with E-state index in [2.05, 4.69) is 59.2 Å². The lowest BCUT2D eigenvalue weighted by molar-refractivity contribution is -0.117. The van der Waals surface area contributed by atoms with Crippen molar-refractivity contribution in [1.82, 2.24) is 0 Å². The summed E-state index contributed by atoms with van der Waals surface area (Å²) in [6.45, 7) is 0. The van der Waals surface area contributed by atoms with Crippen LogP contribution in [0, 0.1) is 0 Å². The lowest BCUT2D eigenvalue weighted by Gasteiger charge is -2.18. The maximum atomic E-state index is 13.0. The molecule has 0 aromatic heterocycles. The topological polar surface area (TPSA) is 58.2 Å². The molecule has 0 aliphatic rings. The molecule has 2 amide bonds. The summed E-state index contributed by atoms with van der Waals surface area (Å²) in [6, 6.07) is 47.7. The highest BCUT2D eigenvalue weighted by atomic mass is 16.2. The molecule has 5 rings (SSSR count). The zero-order valence-corrected chi connectivity index (χ0v) is 22.2. The SMILES string of the molecule is O=C(CC(c1ccccc1)c1ccccc1)Nc1ccc(NC(=O)CC(c2ccccc2)c2ccccc2)cc1. The normalized spacial score (nSPS) is 10.8. The number of carbonyl (C=O) groups is 2. The fraction of sp³-hybridized carbons (Fsp3) is 0.111. The third-order valence-corrected chi connectivity index (χ3v) is 7.04. The Labute approximate surface area is 235 Å². The summed E-state index contributed by atoms with van der Waals surface area (Å²) < 4.78 is 0. The van der Waals surface area contributed by atoms with Crippen molar-refractivity contribution in [3.63, 3.8) is 0 Å². The quantitative estimate of drug-likeness (QED) is 0.194. The molecule has 2 N–H and O–H groups in total. The van der Waals surface area contributed by atoms with Gasteiger partial charge in [0.2, 0.25) is 11.8 Å². The van der Waals surface area contributed by atoms with E-state index >= 15 is 0 Å². The highest BCUT2D eigenvalue weighted by Gasteiger charge is 2.19. The summed E-state index contributed by atoms with van der Waals surface area (Å²) in [5.74, 6) is -0.211. The Kier molecular flexibility index (Phi) is 8.80. The van der Waals surface area contributed by atoms with Gasteiger partial charge in [0.25, 0.3) is 0 Å². The van der Waals surface area contributed by atoms with Crippen molar-refractivity contribution in [3.8, 4) is 0 Å². The van der Waals surface area contributed by atoms with Crippen molar-refractivity contribution in [2.75, 3.05) is 10.6 Å². The molecule has 0 bridgehead atoms. The number of benzene rings is 5. The van der Waals surface area contributed by atoms with Crippen molar-refractivity contribution in [2.24, 2.45) is 0 Å². The van der Waals surface area contributed by atoms with E-state index < -0.39 is 0 Å². The van der Waals surface area contributed by atoms with Crippen molar-refractivity contribution in [2.45, 2.75) is 24.7 Å². The van der Waals surface area contributed by atoms with Crippen molar-refractivity contribution in [1.29, 1.82) is 0 Å². The van der Waals surface area contributed by atoms with E-state index in [9.17, 15) is 9.59 Å². The maximum absolute atomic E-state index is 13.0. The van der Waals surface area contributed by atoms with Gasteiger partial charge in [-0.1, -0.05) is 121 Å². The molecule has 40 heavy (non-hydrogen) atoms. The zero-order valence-electron chi connectivity index (χ0n) is 22.2. The van der Waals surface area contributed by atoms with Gasteiger partial charge in [-0.15, -0.1) is 0 Å². The van der Waals surface area contributed by atoms with Gasteiger partial charge in [0, 0.05) is 36.1 Å². The second kappa shape index (κ2) is 13.2. The first kappa shape index (κ1) is 26.6. The smallest absolute Gasteiger partial charge is 0.225 e. The van der Waals surface area contributed by atoms with Crippen LogP contribution in [0.15, 0.2) is 146 Å². The Morgan fingerprint density at radius 1 is 0.400 bits per heavy atom. The molecule has 0 saturated heterocycles. The third-order valence-electron chi connectivity index (χ3n) is 7.04. The Hall–Kier alpha value is -4.96. The molecular formula is C36H32N2O2. The largest absolute Gasteiger partial charge is 0.326 e. The lowest BCUT2D eigenvalue weighted by atomic mass is 9.88.